The molecular weight excluding hydrogens is 215 g/mol. The van der Waals surface area contributed by atoms with E-state index in [1.807, 2.05) is 27.7 Å². The van der Waals surface area contributed by atoms with E-state index in [2.05, 4.69) is 0 Å². The molecule has 1 unspecified atom stereocenters. The second kappa shape index (κ2) is 6.64. The van der Waals surface area contributed by atoms with Gasteiger partial charge in [0.05, 0.1) is 12.2 Å². The van der Waals surface area contributed by atoms with Crippen molar-refractivity contribution in [2.24, 2.45) is 0 Å². The van der Waals surface area contributed by atoms with Crippen LogP contribution in [0.25, 0.3) is 0 Å². The normalized spacial score (nSPS) is 16.3. The molecule has 0 aliphatic heterocycles. The summed E-state index contributed by atoms with van der Waals surface area (Å²) in [7, 11) is -3.05. The van der Waals surface area contributed by atoms with Crippen molar-refractivity contribution in [3.63, 3.8) is 0 Å². The van der Waals surface area contributed by atoms with Crippen molar-refractivity contribution < 1.29 is 18.7 Å². The smallest absolute Gasteiger partial charge is 0.307 e. The molecule has 0 bridgehead atoms. The first-order valence-electron chi connectivity index (χ1n) is 5.44. The maximum Gasteiger partial charge on any atom is 0.357 e. The van der Waals surface area contributed by atoms with E-state index in [1.54, 1.807) is 6.92 Å². The fraction of sp³-hybridized carbons (Fsp3) is 1.00. The molecular formula is C10H23O4P. The first-order valence-corrected chi connectivity index (χ1v) is 7.17. The molecule has 0 aromatic heterocycles. The van der Waals surface area contributed by atoms with Gasteiger partial charge in [-0.25, -0.2) is 4.89 Å². The van der Waals surface area contributed by atoms with Crippen molar-refractivity contribution in [1.29, 1.82) is 0 Å². The Morgan fingerprint density at radius 1 is 1.20 bits per heavy atom. The van der Waals surface area contributed by atoms with Gasteiger partial charge in [-0.3, -0.25) is 4.57 Å². The van der Waals surface area contributed by atoms with Crippen LogP contribution in [0.5, 0.6) is 0 Å². The van der Waals surface area contributed by atoms with E-state index >= 15 is 0 Å². The van der Waals surface area contributed by atoms with E-state index in [4.69, 9.17) is 14.1 Å². The minimum atomic E-state index is -3.05. The summed E-state index contributed by atoms with van der Waals surface area (Å²) in [5.41, 5.74) is -0.473. The molecule has 0 radical (unpaired) electrons. The molecule has 0 rings (SSSR count). The number of unbranched alkanes of at least 4 members (excludes halogenated alkanes) is 1. The molecule has 5 heteroatoms. The van der Waals surface area contributed by atoms with Crippen LogP contribution >= 0.6 is 7.60 Å². The van der Waals surface area contributed by atoms with Crippen LogP contribution in [0.1, 0.15) is 47.5 Å². The summed E-state index contributed by atoms with van der Waals surface area (Å²) in [6.45, 7) is 9.76. The lowest BCUT2D eigenvalue weighted by molar-refractivity contribution is -0.281. The predicted molar refractivity (Wildman–Crippen MR) is 60.9 cm³/mol. The monoisotopic (exact) mass is 238 g/mol. The molecule has 92 valence electrons. The van der Waals surface area contributed by atoms with Crippen molar-refractivity contribution in [3.05, 3.63) is 0 Å². The average Bonchev–Trinajstić information content (AvgIpc) is 2.14. The molecule has 4 nitrogen and oxygen atoms in total. The highest BCUT2D eigenvalue weighted by Gasteiger charge is 2.26. The third-order valence-corrected chi connectivity index (χ3v) is 3.23. The van der Waals surface area contributed by atoms with E-state index in [0.29, 0.717) is 12.8 Å². The van der Waals surface area contributed by atoms with Gasteiger partial charge in [-0.1, -0.05) is 20.3 Å². The Hall–Kier alpha value is 0.110. The van der Waals surface area contributed by atoms with Crippen molar-refractivity contribution in [2.75, 3.05) is 12.8 Å². The number of hydrogen-bond acceptors (Lipinski definition) is 4. The molecule has 0 spiro atoms. The molecule has 0 aliphatic carbocycles. The fourth-order valence-electron chi connectivity index (χ4n) is 0.682. The van der Waals surface area contributed by atoms with E-state index in [9.17, 15) is 4.57 Å². The second-order valence-electron chi connectivity index (χ2n) is 4.38. The van der Waals surface area contributed by atoms with Gasteiger partial charge in [-0.2, -0.15) is 0 Å². The van der Waals surface area contributed by atoms with Gasteiger partial charge in [0.2, 0.25) is 0 Å². The quantitative estimate of drug-likeness (QED) is 0.293. The van der Waals surface area contributed by atoms with Crippen LogP contribution in [0.3, 0.4) is 0 Å². The van der Waals surface area contributed by atoms with Crippen molar-refractivity contribution in [3.8, 4) is 0 Å². The van der Waals surface area contributed by atoms with Crippen molar-refractivity contribution >= 4 is 7.60 Å². The molecule has 0 aromatic carbocycles. The van der Waals surface area contributed by atoms with Crippen LogP contribution in [0.4, 0.5) is 0 Å². The minimum absolute atomic E-state index is 0.326. The zero-order valence-corrected chi connectivity index (χ0v) is 11.3. The highest BCUT2D eigenvalue weighted by atomic mass is 31.2. The zero-order chi connectivity index (χ0) is 11.9. The molecule has 0 saturated carbocycles. The minimum Gasteiger partial charge on any atom is -0.307 e. The molecule has 1 atom stereocenters. The maximum absolute atomic E-state index is 11.9. The third kappa shape index (κ3) is 7.97. The topological polar surface area (TPSA) is 44.8 Å². The summed E-state index contributed by atoms with van der Waals surface area (Å²) in [6.07, 6.45) is 2.21. The molecule has 0 amide bonds. The van der Waals surface area contributed by atoms with Crippen LogP contribution in [0.15, 0.2) is 0 Å². The van der Waals surface area contributed by atoms with Gasteiger partial charge in [0.15, 0.2) is 0 Å². The zero-order valence-electron chi connectivity index (χ0n) is 10.4. The lowest BCUT2D eigenvalue weighted by atomic mass is 10.2. The van der Waals surface area contributed by atoms with E-state index in [-0.39, 0.29) is 0 Å². The van der Waals surface area contributed by atoms with Gasteiger partial charge in [-0.15, -0.1) is 4.67 Å². The van der Waals surface area contributed by atoms with Crippen LogP contribution in [0.2, 0.25) is 0 Å². The Bertz CT molecular complexity index is 210. The summed E-state index contributed by atoms with van der Waals surface area (Å²) in [6, 6.07) is 0. The molecule has 0 aliphatic rings. The van der Waals surface area contributed by atoms with Gasteiger partial charge in [-0.05, 0) is 27.2 Å². The van der Waals surface area contributed by atoms with E-state index in [0.717, 1.165) is 12.8 Å². The molecule has 0 heterocycles. The lowest BCUT2D eigenvalue weighted by Gasteiger charge is -2.22. The molecule has 0 aromatic rings. The summed E-state index contributed by atoms with van der Waals surface area (Å²) in [5.74, 6) is 0. The fourth-order valence-corrected chi connectivity index (χ4v) is 1.76. The molecule has 15 heavy (non-hydrogen) atoms. The van der Waals surface area contributed by atoms with E-state index in [1.165, 1.54) is 0 Å². The Morgan fingerprint density at radius 2 is 1.80 bits per heavy atom. The Morgan fingerprint density at radius 3 is 2.20 bits per heavy atom. The van der Waals surface area contributed by atoms with Crippen LogP contribution in [0, 0.1) is 0 Å². The van der Waals surface area contributed by atoms with Crippen LogP contribution in [-0.2, 0) is 18.7 Å². The third-order valence-electron chi connectivity index (χ3n) is 1.57. The maximum atomic E-state index is 11.9. The predicted octanol–water partition coefficient (Wildman–Crippen LogP) is 3.76. The molecule has 0 N–H and O–H groups in total. The van der Waals surface area contributed by atoms with Gasteiger partial charge in [0.1, 0.15) is 0 Å². The Labute approximate surface area is 92.8 Å². The van der Waals surface area contributed by atoms with Gasteiger partial charge < -0.3 is 4.52 Å². The van der Waals surface area contributed by atoms with Crippen LogP contribution < -0.4 is 0 Å². The first kappa shape index (κ1) is 15.1. The summed E-state index contributed by atoms with van der Waals surface area (Å²) in [4.78, 5) is 5.03. The number of rotatable bonds is 7. The Balaban J connectivity index is 4.02. The summed E-state index contributed by atoms with van der Waals surface area (Å²) in [5, 5.41) is 0. The number of hydrogen-bond donors (Lipinski definition) is 0. The molecule has 0 saturated heterocycles. The SMILES string of the molecule is CCCCOP(=O)(CC)OOC(C)(C)C. The lowest BCUT2D eigenvalue weighted by Crippen LogP contribution is -2.19. The summed E-state index contributed by atoms with van der Waals surface area (Å²) < 4.78 is 22.1. The van der Waals surface area contributed by atoms with Crippen molar-refractivity contribution in [2.45, 2.75) is 53.1 Å². The van der Waals surface area contributed by atoms with E-state index < -0.39 is 13.2 Å². The second-order valence-corrected chi connectivity index (χ2v) is 6.65. The highest BCUT2D eigenvalue weighted by Crippen LogP contribution is 2.48. The first-order chi connectivity index (χ1) is 6.83. The van der Waals surface area contributed by atoms with Gasteiger partial charge in [0.25, 0.3) is 0 Å². The molecule has 0 fully saturated rings. The van der Waals surface area contributed by atoms with Crippen molar-refractivity contribution in [1.82, 2.24) is 0 Å². The summed E-state index contributed by atoms with van der Waals surface area (Å²) >= 11 is 0. The van der Waals surface area contributed by atoms with Gasteiger partial charge in [0, 0.05) is 6.16 Å². The largest absolute Gasteiger partial charge is 0.357 e. The Kier molecular flexibility index (Phi) is 6.69. The van der Waals surface area contributed by atoms with Crippen LogP contribution in [-0.4, -0.2) is 18.4 Å². The average molecular weight is 238 g/mol. The standard InChI is InChI=1S/C10H23O4P/c1-6-8-9-12-15(11,7-2)14-13-10(3,4)5/h6-9H2,1-5H3. The highest BCUT2D eigenvalue weighted by molar-refractivity contribution is 7.53. The van der Waals surface area contributed by atoms with Gasteiger partial charge >= 0.3 is 7.60 Å².